The molecule has 0 amide bonds. The van der Waals surface area contributed by atoms with Gasteiger partial charge in [-0.2, -0.15) is 0 Å². The van der Waals surface area contributed by atoms with Crippen molar-refractivity contribution in [3.8, 4) is 16.8 Å². The van der Waals surface area contributed by atoms with Crippen LogP contribution in [0.2, 0.25) is 0 Å². The van der Waals surface area contributed by atoms with Crippen molar-refractivity contribution >= 4 is 60.8 Å². The summed E-state index contributed by atoms with van der Waals surface area (Å²) in [4.78, 5) is 2.46. The van der Waals surface area contributed by atoms with E-state index in [-0.39, 0.29) is 5.41 Å². The zero-order valence-electron chi connectivity index (χ0n) is 26.8. The van der Waals surface area contributed by atoms with Crippen LogP contribution in [-0.4, -0.2) is 4.57 Å². The SMILES string of the molecule is CC1(C)c2ccccc2-c2cccc(N(c3ccc4oc5ccccc5c4c3)c3ccc4c(c3)c3ccccc3n4-c3ccccc3)c21. The van der Waals surface area contributed by atoms with Gasteiger partial charge in [0.25, 0.3) is 0 Å². The van der Waals surface area contributed by atoms with Crippen molar-refractivity contribution in [2.75, 3.05) is 4.90 Å². The van der Waals surface area contributed by atoms with Crippen molar-refractivity contribution in [1.82, 2.24) is 4.57 Å². The predicted molar refractivity (Wildman–Crippen MR) is 200 cm³/mol. The van der Waals surface area contributed by atoms with Gasteiger partial charge in [-0.15, -0.1) is 0 Å². The molecule has 0 unspecified atom stereocenters. The number of hydrogen-bond acceptors (Lipinski definition) is 2. The first kappa shape index (κ1) is 27.1. The lowest BCUT2D eigenvalue weighted by Gasteiger charge is -2.32. The molecule has 0 saturated carbocycles. The van der Waals surface area contributed by atoms with E-state index in [2.05, 4.69) is 169 Å². The summed E-state index contributed by atoms with van der Waals surface area (Å²) in [5, 5.41) is 4.70. The van der Waals surface area contributed by atoms with Crippen LogP contribution in [0.1, 0.15) is 25.0 Å². The third kappa shape index (κ3) is 3.76. The van der Waals surface area contributed by atoms with Crippen molar-refractivity contribution in [1.29, 1.82) is 0 Å². The molecule has 10 rings (SSSR count). The minimum absolute atomic E-state index is 0.180. The van der Waals surface area contributed by atoms with E-state index in [1.807, 2.05) is 12.1 Å². The molecule has 0 saturated heterocycles. The second-order valence-electron chi connectivity index (χ2n) is 13.4. The summed E-state index contributed by atoms with van der Waals surface area (Å²) in [5.41, 5.74) is 13.9. The molecule has 3 nitrogen and oxygen atoms in total. The average Bonchev–Trinajstić information content (AvgIpc) is 3.75. The Labute approximate surface area is 278 Å². The normalized spacial score (nSPS) is 13.4. The highest BCUT2D eigenvalue weighted by atomic mass is 16.3. The Morgan fingerprint density at radius 2 is 1.15 bits per heavy atom. The molecule has 7 aromatic carbocycles. The second-order valence-corrected chi connectivity index (χ2v) is 13.4. The molecule has 9 aromatic rings. The Balaban J connectivity index is 1.27. The summed E-state index contributed by atoms with van der Waals surface area (Å²) in [6.45, 7) is 4.73. The van der Waals surface area contributed by atoms with Crippen molar-refractivity contribution < 1.29 is 4.42 Å². The van der Waals surface area contributed by atoms with Gasteiger partial charge in [-0.1, -0.05) is 105 Å². The summed E-state index contributed by atoms with van der Waals surface area (Å²) in [5.74, 6) is 0. The van der Waals surface area contributed by atoms with Gasteiger partial charge in [0.05, 0.1) is 16.7 Å². The zero-order chi connectivity index (χ0) is 32.0. The van der Waals surface area contributed by atoms with Gasteiger partial charge in [-0.3, -0.25) is 0 Å². The number of anilines is 3. The van der Waals surface area contributed by atoms with Crippen molar-refractivity contribution in [2.24, 2.45) is 0 Å². The molecule has 0 bridgehead atoms. The van der Waals surface area contributed by atoms with Crippen LogP contribution in [0, 0.1) is 0 Å². The van der Waals surface area contributed by atoms with E-state index in [1.165, 1.54) is 49.7 Å². The fourth-order valence-corrected chi connectivity index (χ4v) is 8.24. The van der Waals surface area contributed by atoms with Crippen LogP contribution in [-0.2, 0) is 5.41 Å². The van der Waals surface area contributed by atoms with Gasteiger partial charge in [0.2, 0.25) is 0 Å². The first-order chi connectivity index (χ1) is 23.6. The molecule has 2 heterocycles. The number of nitrogens with zero attached hydrogens (tertiary/aromatic N) is 2. The molecule has 0 spiro atoms. The lowest BCUT2D eigenvalue weighted by Crippen LogP contribution is -2.20. The summed E-state index contributed by atoms with van der Waals surface area (Å²) in [6.07, 6.45) is 0. The van der Waals surface area contributed by atoms with E-state index in [1.54, 1.807) is 0 Å². The molecular formula is C45H32N2O. The summed E-state index contributed by atoms with van der Waals surface area (Å²) >= 11 is 0. The molecule has 0 N–H and O–H groups in total. The quantitative estimate of drug-likeness (QED) is 0.196. The first-order valence-electron chi connectivity index (χ1n) is 16.6. The fraction of sp³-hybridized carbons (Fsp3) is 0.0667. The number of rotatable bonds is 4. The molecule has 3 heteroatoms. The molecule has 0 fully saturated rings. The fourth-order valence-electron chi connectivity index (χ4n) is 8.24. The van der Waals surface area contributed by atoms with Gasteiger partial charge in [0, 0.05) is 44.0 Å². The van der Waals surface area contributed by atoms with Gasteiger partial charge in [0.1, 0.15) is 11.2 Å². The van der Waals surface area contributed by atoms with E-state index in [0.717, 1.165) is 39.0 Å². The van der Waals surface area contributed by atoms with E-state index in [0.29, 0.717) is 0 Å². The number of para-hydroxylation sites is 3. The summed E-state index contributed by atoms with van der Waals surface area (Å²) in [7, 11) is 0. The molecule has 1 aliphatic carbocycles. The number of benzene rings is 7. The Hall–Kier alpha value is -6.06. The summed E-state index contributed by atoms with van der Waals surface area (Å²) in [6, 6.07) is 57.0. The number of fused-ring (bicyclic) bond motifs is 9. The van der Waals surface area contributed by atoms with E-state index in [9.17, 15) is 0 Å². The van der Waals surface area contributed by atoms with Crippen molar-refractivity contribution in [2.45, 2.75) is 19.3 Å². The first-order valence-corrected chi connectivity index (χ1v) is 16.6. The van der Waals surface area contributed by atoms with Crippen LogP contribution >= 0.6 is 0 Å². The number of aromatic nitrogens is 1. The number of hydrogen-bond donors (Lipinski definition) is 0. The van der Waals surface area contributed by atoms with E-state index >= 15 is 0 Å². The largest absolute Gasteiger partial charge is 0.456 e. The maximum absolute atomic E-state index is 6.28. The highest BCUT2D eigenvalue weighted by Gasteiger charge is 2.38. The highest BCUT2D eigenvalue weighted by molar-refractivity contribution is 6.11. The molecule has 0 aliphatic heterocycles. The van der Waals surface area contributed by atoms with Crippen molar-refractivity contribution in [3.63, 3.8) is 0 Å². The smallest absolute Gasteiger partial charge is 0.135 e. The van der Waals surface area contributed by atoms with Gasteiger partial charge >= 0.3 is 0 Å². The third-order valence-electron chi connectivity index (χ3n) is 10.3. The monoisotopic (exact) mass is 616 g/mol. The van der Waals surface area contributed by atoms with Gasteiger partial charge < -0.3 is 13.9 Å². The van der Waals surface area contributed by atoms with Crippen LogP contribution in [0.25, 0.3) is 60.6 Å². The van der Waals surface area contributed by atoms with Crippen LogP contribution in [0.15, 0.2) is 162 Å². The summed E-state index contributed by atoms with van der Waals surface area (Å²) < 4.78 is 8.65. The molecule has 228 valence electrons. The molecule has 48 heavy (non-hydrogen) atoms. The Morgan fingerprint density at radius 1 is 0.500 bits per heavy atom. The predicted octanol–water partition coefficient (Wildman–Crippen LogP) is 12.5. The molecule has 0 atom stereocenters. The van der Waals surface area contributed by atoms with Gasteiger partial charge in [-0.25, -0.2) is 0 Å². The lowest BCUT2D eigenvalue weighted by molar-refractivity contribution is 0.660. The Kier molecular flexibility index (Phi) is 5.63. The molecule has 1 aliphatic rings. The Bertz CT molecular complexity index is 2710. The van der Waals surface area contributed by atoms with Crippen LogP contribution in [0.3, 0.4) is 0 Å². The van der Waals surface area contributed by atoms with Crippen molar-refractivity contribution in [3.05, 3.63) is 169 Å². The van der Waals surface area contributed by atoms with Gasteiger partial charge in [-0.05, 0) is 89.0 Å². The topological polar surface area (TPSA) is 21.3 Å². The standard InChI is InChI=1S/C45H32N2O/c1-45(2)38-19-9-6-15-32(38)35-18-12-21-41(44(35)45)46(31-24-26-43-37(28-31)34-17-8-11-22-42(34)48-43)30-23-25-40-36(27-30)33-16-7-10-20-39(33)47(40)29-13-4-3-5-14-29/h3-28H,1-2H3. The lowest BCUT2D eigenvalue weighted by atomic mass is 9.81. The maximum atomic E-state index is 6.28. The van der Waals surface area contributed by atoms with E-state index in [4.69, 9.17) is 4.42 Å². The minimum Gasteiger partial charge on any atom is -0.456 e. The minimum atomic E-state index is -0.180. The molecule has 2 aromatic heterocycles. The van der Waals surface area contributed by atoms with Crippen LogP contribution in [0.4, 0.5) is 17.1 Å². The molecule has 0 radical (unpaired) electrons. The third-order valence-corrected chi connectivity index (χ3v) is 10.3. The van der Waals surface area contributed by atoms with Crippen LogP contribution < -0.4 is 4.90 Å². The second kappa shape index (κ2) is 9.97. The zero-order valence-corrected chi connectivity index (χ0v) is 26.8. The molecular weight excluding hydrogens is 585 g/mol. The van der Waals surface area contributed by atoms with Gasteiger partial charge in [0.15, 0.2) is 0 Å². The van der Waals surface area contributed by atoms with E-state index < -0.39 is 0 Å². The average molecular weight is 617 g/mol. The van der Waals surface area contributed by atoms with Crippen LogP contribution in [0.5, 0.6) is 0 Å². The number of furan rings is 1. The highest BCUT2D eigenvalue weighted by Crippen LogP contribution is 2.54. The maximum Gasteiger partial charge on any atom is 0.135 e. The Morgan fingerprint density at radius 3 is 2.02 bits per heavy atom.